The number of aromatic nitrogens is 1. The summed E-state index contributed by atoms with van der Waals surface area (Å²) in [6.07, 6.45) is 0. The first-order valence-electron chi connectivity index (χ1n) is 11.5. The van der Waals surface area contributed by atoms with E-state index in [9.17, 15) is 14.7 Å². The van der Waals surface area contributed by atoms with E-state index in [1.807, 2.05) is 32.0 Å². The van der Waals surface area contributed by atoms with Crippen molar-refractivity contribution in [1.82, 2.24) is 4.98 Å². The molecule has 0 saturated carbocycles. The molecule has 182 valence electrons. The number of benzene rings is 3. The quantitative estimate of drug-likeness (QED) is 0.209. The smallest absolute Gasteiger partial charge is 0.301 e. The zero-order valence-corrected chi connectivity index (χ0v) is 20.8. The van der Waals surface area contributed by atoms with Gasteiger partial charge < -0.3 is 14.6 Å². The number of carbonyl (C=O) groups excluding carboxylic acids is 2. The van der Waals surface area contributed by atoms with Gasteiger partial charge in [-0.25, -0.2) is 4.98 Å². The predicted molar refractivity (Wildman–Crippen MR) is 140 cm³/mol. The molecule has 0 unspecified atom stereocenters. The second-order valence-corrected chi connectivity index (χ2v) is 9.38. The Balaban J connectivity index is 1.69. The van der Waals surface area contributed by atoms with Crippen LogP contribution >= 0.6 is 11.3 Å². The fraction of sp³-hybridized carbons (Fsp3) is 0.179. The molecule has 1 amide bonds. The van der Waals surface area contributed by atoms with Gasteiger partial charge in [0.1, 0.15) is 17.3 Å². The number of anilines is 1. The molecule has 7 nitrogen and oxygen atoms in total. The molecule has 0 radical (unpaired) electrons. The number of fused-ring (bicyclic) bond motifs is 1. The molecule has 36 heavy (non-hydrogen) atoms. The summed E-state index contributed by atoms with van der Waals surface area (Å²) >= 11 is 1.33. The molecule has 8 heteroatoms. The number of hydrogen-bond acceptors (Lipinski definition) is 7. The number of thiazole rings is 1. The van der Waals surface area contributed by atoms with E-state index in [0.717, 1.165) is 15.8 Å². The van der Waals surface area contributed by atoms with Crippen molar-refractivity contribution >= 4 is 44.1 Å². The van der Waals surface area contributed by atoms with Crippen molar-refractivity contribution in [3.63, 3.8) is 0 Å². The van der Waals surface area contributed by atoms with Crippen molar-refractivity contribution in [3.05, 3.63) is 89.0 Å². The van der Waals surface area contributed by atoms with E-state index in [1.165, 1.54) is 16.2 Å². The van der Waals surface area contributed by atoms with E-state index in [4.69, 9.17) is 9.47 Å². The van der Waals surface area contributed by atoms with Crippen LogP contribution in [-0.2, 0) is 9.59 Å². The van der Waals surface area contributed by atoms with Gasteiger partial charge >= 0.3 is 5.91 Å². The number of aliphatic hydroxyl groups is 1. The number of ether oxygens (including phenoxy) is 2. The molecule has 4 aromatic rings. The van der Waals surface area contributed by atoms with Crippen LogP contribution < -0.4 is 14.4 Å². The van der Waals surface area contributed by atoms with Crippen LogP contribution in [0.3, 0.4) is 0 Å². The summed E-state index contributed by atoms with van der Waals surface area (Å²) in [7, 11) is 1.55. The Labute approximate surface area is 212 Å². The van der Waals surface area contributed by atoms with Gasteiger partial charge in [-0.15, -0.1) is 0 Å². The Kier molecular flexibility index (Phi) is 6.20. The van der Waals surface area contributed by atoms with Crippen LogP contribution in [0.25, 0.3) is 16.0 Å². The molecule has 1 fully saturated rings. The molecule has 1 aliphatic rings. The number of methoxy groups -OCH3 is 1. The Morgan fingerprint density at radius 1 is 1.06 bits per heavy atom. The summed E-state index contributed by atoms with van der Waals surface area (Å²) in [5, 5.41) is 11.7. The number of hydrogen-bond donors (Lipinski definition) is 1. The highest BCUT2D eigenvalue weighted by atomic mass is 32.1. The van der Waals surface area contributed by atoms with Gasteiger partial charge in [-0.1, -0.05) is 29.5 Å². The molecule has 1 aromatic heterocycles. The maximum atomic E-state index is 13.4. The van der Waals surface area contributed by atoms with Gasteiger partial charge in [0.15, 0.2) is 5.13 Å². The Bertz CT molecular complexity index is 1510. The molecule has 3 aromatic carbocycles. The summed E-state index contributed by atoms with van der Waals surface area (Å²) in [5.41, 5.74) is 2.83. The van der Waals surface area contributed by atoms with Crippen LogP contribution in [0, 0.1) is 6.92 Å². The van der Waals surface area contributed by atoms with Crippen LogP contribution in [0.2, 0.25) is 0 Å². The molecule has 1 atom stereocenters. The second kappa shape index (κ2) is 9.47. The summed E-state index contributed by atoms with van der Waals surface area (Å²) in [4.78, 5) is 32.8. The van der Waals surface area contributed by atoms with Crippen LogP contribution in [-0.4, -0.2) is 35.5 Å². The molecule has 5 rings (SSSR count). The molecular formula is C28H24N2O5S. The number of aliphatic hydroxyl groups excluding tert-OH is 1. The van der Waals surface area contributed by atoms with E-state index >= 15 is 0 Å². The highest BCUT2D eigenvalue weighted by molar-refractivity contribution is 7.22. The molecule has 2 heterocycles. The first-order chi connectivity index (χ1) is 17.4. The zero-order valence-electron chi connectivity index (χ0n) is 20.0. The average Bonchev–Trinajstić information content (AvgIpc) is 3.42. The third kappa shape index (κ3) is 4.09. The molecule has 0 bridgehead atoms. The van der Waals surface area contributed by atoms with Crippen molar-refractivity contribution in [2.45, 2.75) is 19.9 Å². The van der Waals surface area contributed by atoms with Gasteiger partial charge in [0.2, 0.25) is 0 Å². The minimum absolute atomic E-state index is 0.00662. The lowest BCUT2D eigenvalue weighted by Gasteiger charge is -2.23. The molecule has 1 aliphatic heterocycles. The number of nitrogens with zero attached hydrogens (tertiary/aromatic N) is 2. The standard InChI is InChI=1S/C28H24N2O5S/c1-4-35-19-11-9-17(10-12-19)25(31)23-24(18-6-5-7-20(15-18)34-3)30(27(33)26(23)32)28-29-21-13-8-16(2)14-22(21)36-28/h5-15,24,31H,4H2,1-3H3/b25-23+/t24-/m0/s1. The summed E-state index contributed by atoms with van der Waals surface area (Å²) in [5.74, 6) is -0.568. The predicted octanol–water partition coefficient (Wildman–Crippen LogP) is 5.64. The van der Waals surface area contributed by atoms with E-state index in [-0.39, 0.29) is 11.3 Å². The van der Waals surface area contributed by atoms with E-state index in [1.54, 1.807) is 55.6 Å². The van der Waals surface area contributed by atoms with Crippen molar-refractivity contribution in [1.29, 1.82) is 0 Å². The number of aryl methyl sites for hydroxylation is 1. The normalized spacial score (nSPS) is 17.1. The highest BCUT2D eigenvalue weighted by Gasteiger charge is 2.48. The maximum absolute atomic E-state index is 13.4. The van der Waals surface area contributed by atoms with Crippen LogP contribution in [0.1, 0.15) is 29.7 Å². The first kappa shape index (κ1) is 23.6. The van der Waals surface area contributed by atoms with Crippen molar-refractivity contribution in [2.75, 3.05) is 18.6 Å². The van der Waals surface area contributed by atoms with Crippen LogP contribution in [0.5, 0.6) is 11.5 Å². The van der Waals surface area contributed by atoms with E-state index < -0.39 is 17.7 Å². The van der Waals surface area contributed by atoms with Gasteiger partial charge in [0.25, 0.3) is 5.78 Å². The van der Waals surface area contributed by atoms with Crippen LogP contribution in [0.15, 0.2) is 72.3 Å². The lowest BCUT2D eigenvalue weighted by molar-refractivity contribution is -0.132. The van der Waals surface area contributed by atoms with E-state index in [0.29, 0.717) is 34.4 Å². The van der Waals surface area contributed by atoms with Crippen molar-refractivity contribution < 1.29 is 24.2 Å². The Morgan fingerprint density at radius 3 is 2.56 bits per heavy atom. The topological polar surface area (TPSA) is 89.0 Å². The Morgan fingerprint density at radius 2 is 1.83 bits per heavy atom. The molecule has 0 spiro atoms. The fourth-order valence-electron chi connectivity index (χ4n) is 4.31. The summed E-state index contributed by atoms with van der Waals surface area (Å²) < 4.78 is 11.8. The highest BCUT2D eigenvalue weighted by Crippen LogP contribution is 2.45. The van der Waals surface area contributed by atoms with Crippen LogP contribution in [0.4, 0.5) is 5.13 Å². The SMILES string of the molecule is CCOc1ccc(/C(O)=C2\C(=O)C(=O)N(c3nc4ccc(C)cc4s3)[C@H]2c2cccc(OC)c2)cc1. The molecule has 0 aliphatic carbocycles. The van der Waals surface area contributed by atoms with Gasteiger partial charge in [0, 0.05) is 5.56 Å². The van der Waals surface area contributed by atoms with Gasteiger partial charge in [-0.05, 0) is 73.5 Å². The number of rotatable bonds is 6. The van der Waals surface area contributed by atoms with Crippen molar-refractivity contribution in [2.24, 2.45) is 0 Å². The lowest BCUT2D eigenvalue weighted by atomic mass is 9.95. The largest absolute Gasteiger partial charge is 0.507 e. The number of amides is 1. The van der Waals surface area contributed by atoms with E-state index in [2.05, 4.69) is 4.98 Å². The zero-order chi connectivity index (χ0) is 25.4. The minimum atomic E-state index is -0.881. The molecular weight excluding hydrogens is 476 g/mol. The monoisotopic (exact) mass is 500 g/mol. The van der Waals surface area contributed by atoms with Crippen molar-refractivity contribution in [3.8, 4) is 11.5 Å². The fourth-order valence-corrected chi connectivity index (χ4v) is 5.40. The molecule has 1 N–H and O–H groups in total. The number of carbonyl (C=O) groups is 2. The van der Waals surface area contributed by atoms with Gasteiger partial charge in [-0.3, -0.25) is 14.5 Å². The summed E-state index contributed by atoms with van der Waals surface area (Å²) in [6.45, 7) is 4.37. The number of ketones is 1. The third-order valence-electron chi connectivity index (χ3n) is 6.03. The van der Waals surface area contributed by atoms with Gasteiger partial charge in [-0.2, -0.15) is 0 Å². The minimum Gasteiger partial charge on any atom is -0.507 e. The first-order valence-corrected chi connectivity index (χ1v) is 12.3. The summed E-state index contributed by atoms with van der Waals surface area (Å²) in [6, 6.07) is 18.8. The maximum Gasteiger partial charge on any atom is 0.301 e. The third-order valence-corrected chi connectivity index (χ3v) is 7.05. The second-order valence-electron chi connectivity index (χ2n) is 8.37. The van der Waals surface area contributed by atoms with Gasteiger partial charge in [0.05, 0.1) is 35.5 Å². The lowest BCUT2D eigenvalue weighted by Crippen LogP contribution is -2.29. The number of Topliss-reactive ketones (excluding diaryl/α,β-unsaturated/α-hetero) is 1. The molecule has 1 saturated heterocycles. The average molecular weight is 501 g/mol. The Hall–Kier alpha value is -4.17.